The fourth-order valence-electron chi connectivity index (χ4n) is 2.88. The molecule has 0 unspecified atom stereocenters. The lowest BCUT2D eigenvalue weighted by atomic mass is 9.83. The summed E-state index contributed by atoms with van der Waals surface area (Å²) in [5, 5.41) is 3.60. The van der Waals surface area contributed by atoms with Crippen LogP contribution in [-0.4, -0.2) is 13.2 Å². The summed E-state index contributed by atoms with van der Waals surface area (Å²) in [6.07, 6.45) is 7.33. The zero-order chi connectivity index (χ0) is 14.2. The van der Waals surface area contributed by atoms with Crippen LogP contribution in [0.15, 0.2) is 36.9 Å². The lowest BCUT2D eigenvalue weighted by Crippen LogP contribution is -2.25. The van der Waals surface area contributed by atoms with Crippen molar-refractivity contribution >= 4 is 0 Å². The van der Waals surface area contributed by atoms with E-state index in [-0.39, 0.29) is 0 Å². The summed E-state index contributed by atoms with van der Waals surface area (Å²) in [6.45, 7) is 8.65. The highest BCUT2D eigenvalue weighted by Crippen LogP contribution is 2.27. The Morgan fingerprint density at radius 1 is 1.25 bits per heavy atom. The summed E-state index contributed by atoms with van der Waals surface area (Å²) in [5.41, 5.74) is 1.23. The van der Waals surface area contributed by atoms with Gasteiger partial charge in [0.15, 0.2) is 0 Å². The highest BCUT2D eigenvalue weighted by Gasteiger charge is 2.17. The average Bonchev–Trinajstić information content (AvgIpc) is 2.48. The highest BCUT2D eigenvalue weighted by atomic mass is 16.5. The summed E-state index contributed by atoms with van der Waals surface area (Å²) < 4.78 is 5.68. The van der Waals surface area contributed by atoms with E-state index in [9.17, 15) is 0 Å². The number of hydrogen-bond donors (Lipinski definition) is 1. The first-order valence-electron chi connectivity index (χ1n) is 7.82. The first kappa shape index (κ1) is 15.1. The molecule has 20 heavy (non-hydrogen) atoms. The molecule has 2 rings (SSSR count). The molecule has 2 nitrogen and oxygen atoms in total. The molecule has 1 aliphatic rings. The van der Waals surface area contributed by atoms with E-state index in [4.69, 9.17) is 4.74 Å². The SMILES string of the molecule is C=CCOc1ccccc1CNCC1CCC(C)CC1. The van der Waals surface area contributed by atoms with Crippen molar-refractivity contribution in [2.45, 2.75) is 39.2 Å². The second-order valence-electron chi connectivity index (χ2n) is 5.96. The third kappa shape index (κ3) is 4.68. The van der Waals surface area contributed by atoms with Crippen molar-refractivity contribution in [3.05, 3.63) is 42.5 Å². The van der Waals surface area contributed by atoms with Gasteiger partial charge in [0.2, 0.25) is 0 Å². The van der Waals surface area contributed by atoms with Crippen LogP contribution in [0, 0.1) is 11.8 Å². The number of nitrogens with one attached hydrogen (secondary N) is 1. The fourth-order valence-corrected chi connectivity index (χ4v) is 2.88. The number of para-hydroxylation sites is 1. The largest absolute Gasteiger partial charge is 0.489 e. The van der Waals surface area contributed by atoms with Crippen molar-refractivity contribution < 1.29 is 4.74 Å². The van der Waals surface area contributed by atoms with Crippen LogP contribution in [0.2, 0.25) is 0 Å². The van der Waals surface area contributed by atoms with Crippen molar-refractivity contribution in [3.8, 4) is 5.75 Å². The zero-order valence-corrected chi connectivity index (χ0v) is 12.6. The quantitative estimate of drug-likeness (QED) is 0.753. The van der Waals surface area contributed by atoms with Gasteiger partial charge in [0, 0.05) is 12.1 Å². The second kappa shape index (κ2) is 8.11. The lowest BCUT2D eigenvalue weighted by Gasteiger charge is -2.26. The van der Waals surface area contributed by atoms with Crippen LogP contribution in [0.25, 0.3) is 0 Å². The molecule has 0 spiro atoms. The predicted octanol–water partition coefficient (Wildman–Crippen LogP) is 4.17. The molecule has 0 heterocycles. The Kier molecular flexibility index (Phi) is 6.13. The molecule has 1 aromatic carbocycles. The standard InChI is InChI=1S/C18H27NO/c1-3-12-20-18-7-5-4-6-17(18)14-19-13-16-10-8-15(2)9-11-16/h3-7,15-16,19H,1,8-14H2,2H3. The summed E-state index contributed by atoms with van der Waals surface area (Å²) >= 11 is 0. The van der Waals surface area contributed by atoms with Crippen LogP contribution < -0.4 is 10.1 Å². The second-order valence-corrected chi connectivity index (χ2v) is 5.96. The fraction of sp³-hybridized carbons (Fsp3) is 0.556. The number of hydrogen-bond acceptors (Lipinski definition) is 2. The van der Waals surface area contributed by atoms with Gasteiger partial charge in [-0.1, -0.05) is 50.6 Å². The molecular formula is C18H27NO. The Bertz CT molecular complexity index is 408. The van der Waals surface area contributed by atoms with E-state index < -0.39 is 0 Å². The van der Waals surface area contributed by atoms with Gasteiger partial charge in [-0.2, -0.15) is 0 Å². The maximum atomic E-state index is 5.68. The monoisotopic (exact) mass is 273 g/mol. The third-order valence-electron chi connectivity index (χ3n) is 4.21. The van der Waals surface area contributed by atoms with E-state index in [0.29, 0.717) is 6.61 Å². The predicted molar refractivity (Wildman–Crippen MR) is 85.0 cm³/mol. The minimum absolute atomic E-state index is 0.567. The van der Waals surface area contributed by atoms with E-state index in [2.05, 4.69) is 31.0 Å². The zero-order valence-electron chi connectivity index (χ0n) is 12.6. The molecule has 0 radical (unpaired) electrons. The molecule has 110 valence electrons. The van der Waals surface area contributed by atoms with E-state index in [0.717, 1.165) is 30.7 Å². The number of benzene rings is 1. The van der Waals surface area contributed by atoms with Gasteiger partial charge >= 0.3 is 0 Å². The molecular weight excluding hydrogens is 246 g/mol. The summed E-state index contributed by atoms with van der Waals surface area (Å²) in [6, 6.07) is 8.25. The maximum absolute atomic E-state index is 5.68. The highest BCUT2D eigenvalue weighted by molar-refractivity contribution is 5.33. The minimum atomic E-state index is 0.567. The van der Waals surface area contributed by atoms with Crippen molar-refractivity contribution in [2.24, 2.45) is 11.8 Å². The molecule has 2 heteroatoms. The maximum Gasteiger partial charge on any atom is 0.124 e. The number of ether oxygens (including phenoxy) is 1. The van der Waals surface area contributed by atoms with Gasteiger partial charge < -0.3 is 10.1 Å². The van der Waals surface area contributed by atoms with Crippen molar-refractivity contribution in [1.29, 1.82) is 0 Å². The molecule has 0 atom stereocenters. The van der Waals surface area contributed by atoms with Crippen LogP contribution in [0.1, 0.15) is 38.2 Å². The third-order valence-corrected chi connectivity index (χ3v) is 4.21. The number of rotatable bonds is 7. The summed E-state index contributed by atoms with van der Waals surface area (Å²) in [7, 11) is 0. The normalized spacial score (nSPS) is 22.4. The van der Waals surface area contributed by atoms with Crippen molar-refractivity contribution in [3.63, 3.8) is 0 Å². The first-order valence-corrected chi connectivity index (χ1v) is 7.82. The van der Waals surface area contributed by atoms with Gasteiger partial charge in [0.1, 0.15) is 12.4 Å². The minimum Gasteiger partial charge on any atom is -0.489 e. The van der Waals surface area contributed by atoms with Gasteiger partial charge in [-0.3, -0.25) is 0 Å². The summed E-state index contributed by atoms with van der Waals surface area (Å²) in [4.78, 5) is 0. The van der Waals surface area contributed by atoms with Gasteiger partial charge in [-0.15, -0.1) is 0 Å². The van der Waals surface area contributed by atoms with Gasteiger partial charge in [0.05, 0.1) is 0 Å². The van der Waals surface area contributed by atoms with Crippen LogP contribution in [0.3, 0.4) is 0 Å². The Hall–Kier alpha value is -1.28. The van der Waals surface area contributed by atoms with Gasteiger partial charge in [-0.05, 0) is 37.3 Å². The topological polar surface area (TPSA) is 21.3 Å². The van der Waals surface area contributed by atoms with Crippen LogP contribution in [-0.2, 0) is 6.54 Å². The Labute approximate surface area is 123 Å². The van der Waals surface area contributed by atoms with Gasteiger partial charge in [0.25, 0.3) is 0 Å². The molecule has 1 N–H and O–H groups in total. The smallest absolute Gasteiger partial charge is 0.124 e. The Morgan fingerprint density at radius 2 is 2.00 bits per heavy atom. The van der Waals surface area contributed by atoms with Crippen LogP contribution in [0.5, 0.6) is 5.75 Å². The van der Waals surface area contributed by atoms with Crippen LogP contribution in [0.4, 0.5) is 0 Å². The van der Waals surface area contributed by atoms with E-state index >= 15 is 0 Å². The molecule has 0 amide bonds. The molecule has 1 aliphatic carbocycles. The van der Waals surface area contributed by atoms with E-state index in [1.54, 1.807) is 6.08 Å². The summed E-state index contributed by atoms with van der Waals surface area (Å²) in [5.74, 6) is 2.75. The average molecular weight is 273 g/mol. The molecule has 0 saturated heterocycles. The molecule has 0 aromatic heterocycles. The molecule has 0 bridgehead atoms. The molecule has 0 aliphatic heterocycles. The van der Waals surface area contributed by atoms with Gasteiger partial charge in [-0.25, -0.2) is 0 Å². The van der Waals surface area contributed by atoms with Crippen molar-refractivity contribution in [1.82, 2.24) is 5.32 Å². The molecule has 1 aromatic rings. The van der Waals surface area contributed by atoms with E-state index in [1.165, 1.54) is 31.2 Å². The van der Waals surface area contributed by atoms with Crippen LogP contribution >= 0.6 is 0 Å². The first-order chi connectivity index (χ1) is 9.79. The Morgan fingerprint density at radius 3 is 2.75 bits per heavy atom. The van der Waals surface area contributed by atoms with E-state index in [1.807, 2.05) is 12.1 Å². The molecule has 1 fully saturated rings. The Balaban J connectivity index is 1.77. The van der Waals surface area contributed by atoms with Crippen molar-refractivity contribution in [2.75, 3.05) is 13.2 Å². The molecule has 1 saturated carbocycles. The lowest BCUT2D eigenvalue weighted by molar-refractivity contribution is 0.281.